The number of phenolic OH excluding ortho intramolecular Hbond substituents is 1. The molecule has 0 aliphatic heterocycles. The van der Waals surface area contributed by atoms with Crippen molar-refractivity contribution < 1.29 is 33.8 Å². The molecule has 0 aliphatic rings. The zero-order chi connectivity index (χ0) is 37.2. The number of hydrogen-bond donors (Lipinski definition) is 3. The van der Waals surface area contributed by atoms with Crippen molar-refractivity contribution in [2.45, 2.75) is 97.6 Å². The number of alkyl carbamates (subject to hydrolysis) is 1. The van der Waals surface area contributed by atoms with Crippen molar-refractivity contribution in [1.29, 1.82) is 0 Å². The zero-order valence-electron chi connectivity index (χ0n) is 30.4. The van der Waals surface area contributed by atoms with Crippen molar-refractivity contribution in [3.05, 3.63) is 113 Å². The van der Waals surface area contributed by atoms with Crippen molar-refractivity contribution in [1.82, 2.24) is 15.5 Å². The van der Waals surface area contributed by atoms with Crippen LogP contribution < -0.4 is 10.6 Å². The Morgan fingerprint density at radius 1 is 0.760 bits per heavy atom. The van der Waals surface area contributed by atoms with Gasteiger partial charge in [-0.25, -0.2) is 9.59 Å². The Kier molecular flexibility index (Phi) is 13.4. The van der Waals surface area contributed by atoms with Crippen LogP contribution in [0.5, 0.6) is 5.75 Å². The fourth-order valence-corrected chi connectivity index (χ4v) is 5.53. The van der Waals surface area contributed by atoms with E-state index in [1.54, 1.807) is 53.7 Å². The molecule has 0 aliphatic carbocycles. The van der Waals surface area contributed by atoms with Crippen molar-refractivity contribution in [2.75, 3.05) is 6.54 Å². The molecule has 0 aromatic heterocycles. The Morgan fingerprint density at radius 3 is 1.84 bits per heavy atom. The van der Waals surface area contributed by atoms with E-state index >= 15 is 0 Å². The van der Waals surface area contributed by atoms with Crippen LogP contribution in [-0.2, 0) is 36.7 Å². The number of nitrogens with one attached hydrogen (secondary N) is 2. The van der Waals surface area contributed by atoms with E-state index in [0.29, 0.717) is 11.1 Å². The molecule has 10 nitrogen and oxygen atoms in total. The Labute approximate surface area is 295 Å². The summed E-state index contributed by atoms with van der Waals surface area (Å²) in [7, 11) is 0. The molecule has 3 aromatic carbocycles. The number of ether oxygens (including phenoxy) is 2. The highest BCUT2D eigenvalue weighted by molar-refractivity contribution is 5.94. The van der Waals surface area contributed by atoms with Gasteiger partial charge >= 0.3 is 12.1 Å². The molecule has 3 N–H and O–H groups in total. The van der Waals surface area contributed by atoms with Gasteiger partial charge in [0.05, 0.1) is 0 Å². The van der Waals surface area contributed by atoms with Crippen molar-refractivity contribution >= 4 is 23.9 Å². The van der Waals surface area contributed by atoms with E-state index in [4.69, 9.17) is 9.47 Å². The number of nitrogens with zero attached hydrogens (tertiary/aromatic N) is 1. The Hall–Kier alpha value is -5.12. The first-order valence-corrected chi connectivity index (χ1v) is 16.7. The Balaban J connectivity index is 2.14. The van der Waals surface area contributed by atoms with E-state index in [9.17, 15) is 24.3 Å². The highest BCUT2D eigenvalue weighted by Crippen LogP contribution is 2.30. The third kappa shape index (κ3) is 11.8. The highest BCUT2D eigenvalue weighted by Gasteiger charge is 2.39. The molecular weight excluding hydrogens is 634 g/mol. The van der Waals surface area contributed by atoms with Crippen LogP contribution in [0.25, 0.3) is 0 Å². The van der Waals surface area contributed by atoms with Crippen molar-refractivity contribution in [2.24, 2.45) is 0 Å². The average molecular weight is 686 g/mol. The molecule has 268 valence electrons. The number of carbonyl (C=O) groups excluding carboxylic acids is 4. The van der Waals surface area contributed by atoms with Gasteiger partial charge in [-0.2, -0.15) is 0 Å². The minimum absolute atomic E-state index is 0.0294. The van der Waals surface area contributed by atoms with E-state index in [1.807, 2.05) is 62.4 Å². The van der Waals surface area contributed by atoms with Gasteiger partial charge in [0.1, 0.15) is 35.1 Å². The van der Waals surface area contributed by atoms with E-state index in [2.05, 4.69) is 17.2 Å². The molecule has 0 saturated carbocycles. The summed E-state index contributed by atoms with van der Waals surface area (Å²) >= 11 is 0. The second-order valence-corrected chi connectivity index (χ2v) is 14.3. The van der Waals surface area contributed by atoms with Crippen LogP contribution in [0.2, 0.25) is 0 Å². The molecule has 3 aromatic rings. The number of benzene rings is 3. The highest BCUT2D eigenvalue weighted by atomic mass is 16.6. The van der Waals surface area contributed by atoms with Gasteiger partial charge in [0.15, 0.2) is 0 Å². The van der Waals surface area contributed by atoms with Crippen LogP contribution in [0.3, 0.4) is 0 Å². The van der Waals surface area contributed by atoms with Crippen LogP contribution in [0.1, 0.15) is 75.4 Å². The standard InChI is InChI=1S/C40H51N3O7/c1-10-23-43(36(46)31(42-38(48)50-40(7,8)9)24-29-19-21-30(44)22-20-29)34(33-26(2)15-14-16-27(33)3)35(45)41-32(37(47)49-39(4,5)6)25-28-17-12-11-13-18-28/h10-22,31-32,34,44H,1,23-25H2,2-9H3,(H,41,45)(H,42,48). The molecule has 3 amide bonds. The summed E-state index contributed by atoms with van der Waals surface area (Å²) in [6.07, 6.45) is 0.877. The molecule has 3 atom stereocenters. The second-order valence-electron chi connectivity index (χ2n) is 14.3. The first-order chi connectivity index (χ1) is 23.4. The van der Waals surface area contributed by atoms with Gasteiger partial charge in [-0.15, -0.1) is 6.58 Å². The number of carbonyl (C=O) groups is 4. The predicted molar refractivity (Wildman–Crippen MR) is 193 cm³/mol. The molecule has 0 spiro atoms. The second kappa shape index (κ2) is 17.0. The van der Waals surface area contributed by atoms with Crippen LogP contribution in [0, 0.1) is 13.8 Å². The first-order valence-electron chi connectivity index (χ1n) is 16.7. The molecule has 3 unspecified atom stereocenters. The number of aromatic hydroxyl groups is 1. The molecule has 10 heteroatoms. The average Bonchev–Trinajstić information content (AvgIpc) is 3.01. The molecule has 3 rings (SSSR count). The number of rotatable bonds is 13. The summed E-state index contributed by atoms with van der Waals surface area (Å²) in [5.41, 5.74) is 1.87. The summed E-state index contributed by atoms with van der Waals surface area (Å²) in [6.45, 7) is 17.9. The predicted octanol–water partition coefficient (Wildman–Crippen LogP) is 6.27. The third-order valence-corrected chi connectivity index (χ3v) is 7.64. The van der Waals surface area contributed by atoms with E-state index in [0.717, 1.165) is 16.7 Å². The van der Waals surface area contributed by atoms with Gasteiger partial charge in [0, 0.05) is 19.4 Å². The normalized spacial score (nSPS) is 13.3. The summed E-state index contributed by atoms with van der Waals surface area (Å²) in [4.78, 5) is 57.4. The number of phenols is 1. The molecule has 0 radical (unpaired) electrons. The molecule has 0 saturated heterocycles. The minimum atomic E-state index is -1.23. The fourth-order valence-electron chi connectivity index (χ4n) is 5.53. The summed E-state index contributed by atoms with van der Waals surface area (Å²) < 4.78 is 11.2. The topological polar surface area (TPSA) is 134 Å². The number of hydrogen-bond acceptors (Lipinski definition) is 7. The Morgan fingerprint density at radius 2 is 1.30 bits per heavy atom. The summed E-state index contributed by atoms with van der Waals surface area (Å²) in [5, 5.41) is 15.5. The van der Waals surface area contributed by atoms with Crippen LogP contribution in [-0.4, -0.2) is 63.7 Å². The molecule has 0 heterocycles. The number of esters is 1. The lowest BCUT2D eigenvalue weighted by Gasteiger charge is -2.36. The van der Waals surface area contributed by atoms with E-state index < -0.39 is 53.2 Å². The van der Waals surface area contributed by atoms with Crippen molar-refractivity contribution in [3.8, 4) is 5.75 Å². The monoisotopic (exact) mass is 685 g/mol. The summed E-state index contributed by atoms with van der Waals surface area (Å²) in [6, 6.07) is 17.6. The number of amides is 3. The van der Waals surface area contributed by atoms with Gasteiger partial charge in [0.25, 0.3) is 0 Å². The smallest absolute Gasteiger partial charge is 0.408 e. The number of aryl methyl sites for hydroxylation is 2. The maximum absolute atomic E-state index is 14.7. The lowest BCUT2D eigenvalue weighted by atomic mass is 9.92. The Bertz CT molecular complexity index is 1620. The minimum Gasteiger partial charge on any atom is -0.508 e. The van der Waals surface area contributed by atoms with Crippen LogP contribution >= 0.6 is 0 Å². The van der Waals surface area contributed by atoms with Crippen LogP contribution in [0.15, 0.2) is 85.5 Å². The SMILES string of the molecule is C=CCN(C(=O)C(Cc1ccc(O)cc1)NC(=O)OC(C)(C)C)C(C(=O)NC(Cc1ccccc1)C(=O)OC(C)(C)C)c1c(C)cccc1C. The third-order valence-electron chi connectivity index (χ3n) is 7.64. The summed E-state index contributed by atoms with van der Waals surface area (Å²) in [5.74, 6) is -1.76. The van der Waals surface area contributed by atoms with Gasteiger partial charge in [-0.3, -0.25) is 9.59 Å². The van der Waals surface area contributed by atoms with Gasteiger partial charge in [0.2, 0.25) is 11.8 Å². The molecular formula is C40H51N3O7. The van der Waals surface area contributed by atoms with Gasteiger partial charge in [-0.1, -0.05) is 66.7 Å². The molecule has 50 heavy (non-hydrogen) atoms. The maximum Gasteiger partial charge on any atom is 0.408 e. The van der Waals surface area contributed by atoms with E-state index in [1.165, 1.54) is 23.1 Å². The quantitative estimate of drug-likeness (QED) is 0.143. The maximum atomic E-state index is 14.7. The molecule has 0 bridgehead atoms. The largest absolute Gasteiger partial charge is 0.508 e. The lowest BCUT2D eigenvalue weighted by molar-refractivity contribution is -0.159. The van der Waals surface area contributed by atoms with Gasteiger partial charge < -0.3 is 30.1 Å². The van der Waals surface area contributed by atoms with Crippen LogP contribution in [0.4, 0.5) is 4.79 Å². The fraction of sp³-hybridized carbons (Fsp3) is 0.400. The van der Waals surface area contributed by atoms with Gasteiger partial charge in [-0.05, 0) is 95.3 Å². The lowest BCUT2D eigenvalue weighted by Crippen LogP contribution is -2.55. The zero-order valence-corrected chi connectivity index (χ0v) is 30.4. The van der Waals surface area contributed by atoms with Crippen molar-refractivity contribution in [3.63, 3.8) is 0 Å². The molecule has 0 fully saturated rings. The van der Waals surface area contributed by atoms with E-state index in [-0.39, 0.29) is 25.1 Å². The first kappa shape index (κ1) is 39.3.